The molecule has 0 saturated carbocycles. The van der Waals surface area contributed by atoms with E-state index in [0.717, 1.165) is 49.4 Å². The highest BCUT2D eigenvalue weighted by molar-refractivity contribution is 7.06. The van der Waals surface area contributed by atoms with Gasteiger partial charge in [-0.25, -0.2) is 0 Å². The Morgan fingerprint density at radius 3 is 2.58 bits per heavy atom. The maximum Gasteiger partial charge on any atom is 0.347 e. The summed E-state index contributed by atoms with van der Waals surface area (Å²) in [6, 6.07) is 15.9. The second-order valence-corrected chi connectivity index (χ2v) is 7.89. The summed E-state index contributed by atoms with van der Waals surface area (Å²) in [6.07, 6.45) is 0. The van der Waals surface area contributed by atoms with Crippen molar-refractivity contribution in [1.29, 1.82) is 0 Å². The largest absolute Gasteiger partial charge is 0.378 e. The number of benzene rings is 2. The Kier molecular flexibility index (Phi) is 5.41. The average Bonchev–Trinajstić information content (AvgIpc) is 3.07. The highest BCUT2D eigenvalue weighted by Crippen LogP contribution is 2.31. The van der Waals surface area contributed by atoms with Crippen molar-refractivity contribution in [3.05, 3.63) is 64.1 Å². The van der Waals surface area contributed by atoms with Gasteiger partial charge in [0.15, 0.2) is 0 Å². The quantitative estimate of drug-likeness (QED) is 0.605. The predicted molar refractivity (Wildman–Crippen MR) is 106 cm³/mol. The van der Waals surface area contributed by atoms with Crippen molar-refractivity contribution in [1.82, 2.24) is 4.98 Å². The molecule has 1 aromatic heterocycles. The van der Waals surface area contributed by atoms with Gasteiger partial charge in [0.25, 0.3) is 0 Å². The Hall–Kier alpha value is -1.66. The number of ether oxygens (including phenoxy) is 1. The van der Waals surface area contributed by atoms with E-state index in [1.807, 2.05) is 18.2 Å². The first-order chi connectivity index (χ1) is 12.7. The molecule has 26 heavy (non-hydrogen) atoms. The van der Waals surface area contributed by atoms with Crippen LogP contribution in [0, 0.1) is 0 Å². The number of rotatable bonds is 4. The molecule has 4 nitrogen and oxygen atoms in total. The van der Waals surface area contributed by atoms with Crippen LogP contribution < -0.4 is 8.86 Å². The maximum atomic E-state index is 6.47. The lowest BCUT2D eigenvalue weighted by Gasteiger charge is -2.23. The normalized spacial score (nSPS) is 14.6. The van der Waals surface area contributed by atoms with Crippen LogP contribution in [0.25, 0.3) is 11.4 Å². The van der Waals surface area contributed by atoms with E-state index < -0.39 is 0 Å². The molecule has 0 amide bonds. The molecule has 4 rings (SSSR count). The number of hydrogen-bond acceptors (Lipinski definition) is 4. The van der Waals surface area contributed by atoms with Crippen LogP contribution in [0.1, 0.15) is 5.56 Å². The molecule has 0 aliphatic carbocycles. The number of morpholine rings is 1. The second kappa shape index (κ2) is 7.92. The van der Waals surface area contributed by atoms with Crippen molar-refractivity contribution in [2.45, 2.75) is 6.54 Å². The summed E-state index contributed by atoms with van der Waals surface area (Å²) in [5.74, 6) is 0.863. The molecular weight excluding hydrogens is 389 g/mol. The van der Waals surface area contributed by atoms with Crippen LogP contribution in [0.3, 0.4) is 0 Å². The second-order valence-electron chi connectivity index (χ2n) is 6.06. The standard InChI is InChI=1S/C19H18Cl2N3OS/c20-15-6-7-16(17(21)12-15)18-22-19(23-8-10-25-11-9-23)26-24(18)13-14-4-2-1-3-5-14/h1-7,12H,8-11,13H2/q+1. The first kappa shape index (κ1) is 17.7. The summed E-state index contributed by atoms with van der Waals surface area (Å²) in [5, 5.41) is 2.22. The number of halogens is 2. The van der Waals surface area contributed by atoms with Crippen LogP contribution in [-0.4, -0.2) is 31.3 Å². The molecule has 1 fully saturated rings. The van der Waals surface area contributed by atoms with Gasteiger partial charge in [0.05, 0.1) is 23.8 Å². The minimum atomic E-state index is 0.609. The van der Waals surface area contributed by atoms with E-state index in [0.29, 0.717) is 10.0 Å². The summed E-state index contributed by atoms with van der Waals surface area (Å²) in [4.78, 5) is 7.18. The van der Waals surface area contributed by atoms with Gasteiger partial charge in [-0.05, 0) is 28.7 Å². The SMILES string of the molecule is Clc1ccc(-c2nc(N3CCOCC3)s[n+]2Cc2ccccc2)c(Cl)c1. The Morgan fingerprint density at radius 2 is 1.85 bits per heavy atom. The van der Waals surface area contributed by atoms with Crippen molar-refractivity contribution in [2.24, 2.45) is 0 Å². The monoisotopic (exact) mass is 406 g/mol. The van der Waals surface area contributed by atoms with E-state index in [4.69, 9.17) is 32.9 Å². The predicted octanol–water partition coefficient (Wildman–Crippen LogP) is 4.29. The smallest absolute Gasteiger partial charge is 0.347 e. The van der Waals surface area contributed by atoms with Crippen LogP contribution in [0.15, 0.2) is 48.5 Å². The molecule has 0 spiro atoms. The van der Waals surface area contributed by atoms with Crippen molar-refractivity contribution in [2.75, 3.05) is 31.2 Å². The van der Waals surface area contributed by atoms with Crippen molar-refractivity contribution >= 4 is 39.9 Å². The topological polar surface area (TPSA) is 29.2 Å². The third-order valence-corrected chi connectivity index (χ3v) is 5.84. The third-order valence-electron chi connectivity index (χ3n) is 4.25. The van der Waals surface area contributed by atoms with Gasteiger partial charge in [-0.15, -0.1) is 0 Å². The highest BCUT2D eigenvalue weighted by Gasteiger charge is 2.29. The molecule has 0 atom stereocenters. The lowest BCUT2D eigenvalue weighted by Crippen LogP contribution is -2.36. The Balaban J connectivity index is 1.75. The summed E-state index contributed by atoms with van der Waals surface area (Å²) in [7, 11) is 0. The molecule has 134 valence electrons. The summed E-state index contributed by atoms with van der Waals surface area (Å²) < 4.78 is 7.65. The highest BCUT2D eigenvalue weighted by atomic mass is 35.5. The van der Waals surface area contributed by atoms with E-state index in [1.54, 1.807) is 17.6 Å². The summed E-state index contributed by atoms with van der Waals surface area (Å²) in [5.41, 5.74) is 2.11. The first-order valence-corrected chi connectivity index (χ1v) is 9.97. The summed E-state index contributed by atoms with van der Waals surface area (Å²) in [6.45, 7) is 3.92. The molecule has 0 bridgehead atoms. The molecule has 0 radical (unpaired) electrons. The fraction of sp³-hybridized carbons (Fsp3) is 0.263. The van der Waals surface area contributed by atoms with Gasteiger partial charge in [-0.1, -0.05) is 53.5 Å². The van der Waals surface area contributed by atoms with Gasteiger partial charge in [0, 0.05) is 18.1 Å². The van der Waals surface area contributed by atoms with Gasteiger partial charge in [-0.3, -0.25) is 0 Å². The van der Waals surface area contributed by atoms with E-state index in [2.05, 4.69) is 33.1 Å². The van der Waals surface area contributed by atoms with Crippen LogP contribution in [0.5, 0.6) is 0 Å². The van der Waals surface area contributed by atoms with Gasteiger partial charge in [0.2, 0.25) is 0 Å². The van der Waals surface area contributed by atoms with Gasteiger partial charge < -0.3 is 9.64 Å². The molecular formula is C19H18Cl2N3OS+. The lowest BCUT2D eigenvalue weighted by atomic mass is 10.2. The van der Waals surface area contributed by atoms with Crippen molar-refractivity contribution < 1.29 is 8.69 Å². The molecule has 3 aromatic rings. The molecule has 0 N–H and O–H groups in total. The Morgan fingerprint density at radius 1 is 1.08 bits per heavy atom. The summed E-state index contributed by atoms with van der Waals surface area (Å²) >= 11 is 14.2. The van der Waals surface area contributed by atoms with Gasteiger partial charge >= 0.3 is 11.0 Å². The van der Waals surface area contributed by atoms with Gasteiger partial charge in [-0.2, -0.15) is 3.96 Å². The minimum absolute atomic E-state index is 0.609. The maximum absolute atomic E-state index is 6.47. The average molecular weight is 407 g/mol. The molecule has 0 unspecified atom stereocenters. The van der Waals surface area contributed by atoms with Crippen molar-refractivity contribution in [3.63, 3.8) is 0 Å². The molecule has 7 heteroatoms. The van der Waals surface area contributed by atoms with Crippen LogP contribution in [0.2, 0.25) is 10.0 Å². The molecule has 1 aliphatic rings. The van der Waals surface area contributed by atoms with Crippen LogP contribution >= 0.6 is 34.7 Å². The zero-order valence-electron chi connectivity index (χ0n) is 14.1. The number of aromatic nitrogens is 2. The Labute approximate surface area is 166 Å². The third kappa shape index (κ3) is 3.86. The van der Waals surface area contributed by atoms with Crippen LogP contribution in [0.4, 0.5) is 5.13 Å². The van der Waals surface area contributed by atoms with Crippen LogP contribution in [-0.2, 0) is 11.3 Å². The molecule has 1 aliphatic heterocycles. The zero-order valence-corrected chi connectivity index (χ0v) is 16.4. The van der Waals surface area contributed by atoms with E-state index in [9.17, 15) is 0 Å². The van der Waals surface area contributed by atoms with Crippen molar-refractivity contribution in [3.8, 4) is 11.4 Å². The van der Waals surface area contributed by atoms with E-state index >= 15 is 0 Å². The number of nitrogens with zero attached hydrogens (tertiary/aromatic N) is 3. The number of hydrogen-bond donors (Lipinski definition) is 0. The molecule has 1 saturated heterocycles. The Bertz CT molecular complexity index is 895. The molecule has 2 heterocycles. The van der Waals surface area contributed by atoms with E-state index in [1.165, 1.54) is 5.56 Å². The fourth-order valence-corrected chi connectivity index (χ4v) is 4.47. The fourth-order valence-electron chi connectivity index (χ4n) is 2.91. The zero-order chi connectivity index (χ0) is 17.9. The molecule has 2 aromatic carbocycles. The van der Waals surface area contributed by atoms with Gasteiger partial charge in [0.1, 0.15) is 18.1 Å². The van der Waals surface area contributed by atoms with E-state index in [-0.39, 0.29) is 0 Å². The first-order valence-electron chi connectivity index (χ1n) is 8.44. The lowest BCUT2D eigenvalue weighted by molar-refractivity contribution is -0.610. The number of anilines is 1. The minimum Gasteiger partial charge on any atom is -0.378 e.